The van der Waals surface area contributed by atoms with Crippen molar-refractivity contribution >= 4 is 15.8 Å². The summed E-state index contributed by atoms with van der Waals surface area (Å²) in [6.45, 7) is 0.464. The molecule has 1 aromatic rings. The molecule has 6 heteroatoms. The van der Waals surface area contributed by atoms with Crippen LogP contribution < -0.4 is 5.32 Å². The Bertz CT molecular complexity index is 363. The molecule has 5 nitrogen and oxygen atoms in total. The molecule has 1 aromatic heterocycles. The van der Waals surface area contributed by atoms with Gasteiger partial charge in [0.25, 0.3) is 0 Å². The van der Waals surface area contributed by atoms with E-state index in [4.69, 9.17) is 0 Å². The van der Waals surface area contributed by atoms with Gasteiger partial charge in [-0.2, -0.15) is 0 Å². The fourth-order valence-corrected chi connectivity index (χ4v) is 1.45. The minimum Gasteiger partial charge on any atom is -0.748 e. The highest BCUT2D eigenvalue weighted by Gasteiger charge is 1.95. The smallest absolute Gasteiger partial charge is 0.0946 e. The largest absolute Gasteiger partial charge is 0.748 e. The quantitative estimate of drug-likeness (QED) is 0.569. The molecule has 0 aliphatic heterocycles. The molecule has 0 unspecified atom stereocenters. The molecule has 78 valence electrons. The number of anilines is 1. The van der Waals surface area contributed by atoms with E-state index in [1.807, 2.05) is 0 Å². The molecule has 1 rings (SSSR count). The maximum absolute atomic E-state index is 10.2. The van der Waals surface area contributed by atoms with E-state index in [1.165, 1.54) is 0 Å². The maximum Gasteiger partial charge on any atom is 0.0946 e. The number of hydrogen-bond acceptors (Lipinski definition) is 5. The minimum atomic E-state index is -4.08. The summed E-state index contributed by atoms with van der Waals surface area (Å²) in [5.74, 6) is -0.328. The van der Waals surface area contributed by atoms with E-state index < -0.39 is 10.1 Å². The van der Waals surface area contributed by atoms with Crippen molar-refractivity contribution < 1.29 is 13.0 Å². The van der Waals surface area contributed by atoms with E-state index in [1.54, 1.807) is 24.5 Å². The molecule has 0 aliphatic carbocycles. The molecule has 1 heterocycles. The first-order valence-electron chi connectivity index (χ1n) is 4.15. The third-order valence-electron chi connectivity index (χ3n) is 1.58. The van der Waals surface area contributed by atoms with Crippen LogP contribution in [0, 0.1) is 0 Å². The van der Waals surface area contributed by atoms with Crippen molar-refractivity contribution in [2.45, 2.75) is 6.42 Å². The molecule has 0 atom stereocenters. The zero-order chi connectivity index (χ0) is 10.4. The van der Waals surface area contributed by atoms with Crippen LogP contribution in [0.25, 0.3) is 0 Å². The van der Waals surface area contributed by atoms with Crippen LogP contribution >= 0.6 is 0 Å². The van der Waals surface area contributed by atoms with Crippen molar-refractivity contribution in [1.29, 1.82) is 0 Å². The molecule has 0 saturated carbocycles. The van der Waals surface area contributed by atoms with Crippen LogP contribution in [-0.2, 0) is 10.1 Å². The maximum atomic E-state index is 10.2. The predicted octanol–water partition coefficient (Wildman–Crippen LogP) is 0.429. The Morgan fingerprint density at radius 2 is 2.00 bits per heavy atom. The summed E-state index contributed by atoms with van der Waals surface area (Å²) in [7, 11) is -4.08. The van der Waals surface area contributed by atoms with E-state index in [0.29, 0.717) is 13.0 Å². The number of rotatable bonds is 5. The second-order valence-corrected chi connectivity index (χ2v) is 4.30. The average molecular weight is 215 g/mol. The third-order valence-corrected chi connectivity index (χ3v) is 2.37. The highest BCUT2D eigenvalue weighted by Crippen LogP contribution is 2.02. The summed E-state index contributed by atoms with van der Waals surface area (Å²) in [6.07, 6.45) is 3.58. The Morgan fingerprint density at radius 3 is 2.57 bits per heavy atom. The van der Waals surface area contributed by atoms with Crippen molar-refractivity contribution in [2.24, 2.45) is 0 Å². The Labute approximate surface area is 82.9 Å². The van der Waals surface area contributed by atoms with Crippen LogP contribution in [0.3, 0.4) is 0 Å². The summed E-state index contributed by atoms with van der Waals surface area (Å²) in [6, 6.07) is 3.54. The van der Waals surface area contributed by atoms with Crippen LogP contribution in [0.5, 0.6) is 0 Å². The summed E-state index contributed by atoms with van der Waals surface area (Å²) >= 11 is 0. The SMILES string of the molecule is O=S(=O)([O-])CCCNc1ccncc1. The Hall–Kier alpha value is -1.14. The van der Waals surface area contributed by atoms with Crippen LogP contribution in [0.2, 0.25) is 0 Å². The Balaban J connectivity index is 2.23. The Kier molecular flexibility index (Phi) is 3.84. The molecule has 0 spiro atoms. The first-order valence-corrected chi connectivity index (χ1v) is 5.73. The number of nitrogens with one attached hydrogen (secondary N) is 1. The topological polar surface area (TPSA) is 82.1 Å². The first kappa shape index (κ1) is 10.9. The number of hydrogen-bond donors (Lipinski definition) is 1. The van der Waals surface area contributed by atoms with Crippen LogP contribution in [-0.4, -0.2) is 30.3 Å². The number of aromatic nitrogens is 1. The van der Waals surface area contributed by atoms with Gasteiger partial charge in [0.15, 0.2) is 0 Å². The second-order valence-electron chi connectivity index (χ2n) is 2.78. The molecule has 0 bridgehead atoms. The molecule has 14 heavy (non-hydrogen) atoms. The average Bonchev–Trinajstić information content (AvgIpc) is 2.13. The summed E-state index contributed by atoms with van der Waals surface area (Å²) in [5.41, 5.74) is 0.864. The number of nitrogens with zero attached hydrogens (tertiary/aromatic N) is 1. The zero-order valence-corrected chi connectivity index (χ0v) is 8.33. The first-order chi connectivity index (χ1) is 6.58. The van der Waals surface area contributed by atoms with Crippen molar-refractivity contribution in [3.63, 3.8) is 0 Å². The lowest BCUT2D eigenvalue weighted by molar-refractivity contribution is 0.462. The van der Waals surface area contributed by atoms with Gasteiger partial charge < -0.3 is 9.87 Å². The predicted molar refractivity (Wildman–Crippen MR) is 51.9 cm³/mol. The zero-order valence-electron chi connectivity index (χ0n) is 7.51. The number of pyridine rings is 1. The molecule has 0 saturated heterocycles. The fourth-order valence-electron chi connectivity index (χ4n) is 0.951. The summed E-state index contributed by atoms with van der Waals surface area (Å²) in [5, 5.41) is 2.97. The highest BCUT2D eigenvalue weighted by atomic mass is 32.2. The minimum absolute atomic E-state index is 0.314. The van der Waals surface area contributed by atoms with Crippen molar-refractivity contribution in [3.8, 4) is 0 Å². The van der Waals surface area contributed by atoms with Crippen molar-refractivity contribution in [2.75, 3.05) is 17.6 Å². The van der Waals surface area contributed by atoms with Crippen molar-refractivity contribution in [1.82, 2.24) is 4.98 Å². The monoisotopic (exact) mass is 215 g/mol. The molecule has 0 amide bonds. The highest BCUT2D eigenvalue weighted by molar-refractivity contribution is 7.85. The van der Waals surface area contributed by atoms with E-state index in [0.717, 1.165) is 5.69 Å². The van der Waals surface area contributed by atoms with E-state index in [2.05, 4.69) is 10.3 Å². The molecule has 0 aliphatic rings. The molecular formula is C8H11N2O3S-. The van der Waals surface area contributed by atoms with Gasteiger partial charge in [-0.25, -0.2) is 8.42 Å². The molecule has 0 radical (unpaired) electrons. The normalized spacial score (nSPS) is 11.2. The Morgan fingerprint density at radius 1 is 1.36 bits per heavy atom. The van der Waals surface area contributed by atoms with Gasteiger partial charge in [0.05, 0.1) is 10.1 Å². The van der Waals surface area contributed by atoms with Gasteiger partial charge >= 0.3 is 0 Å². The lowest BCUT2D eigenvalue weighted by Crippen LogP contribution is -2.10. The second kappa shape index (κ2) is 4.92. The van der Waals surface area contributed by atoms with Gasteiger partial charge in [-0.3, -0.25) is 4.98 Å². The van der Waals surface area contributed by atoms with Gasteiger partial charge in [-0.1, -0.05) is 0 Å². The van der Waals surface area contributed by atoms with Crippen LogP contribution in [0.15, 0.2) is 24.5 Å². The van der Waals surface area contributed by atoms with Gasteiger partial charge in [0.2, 0.25) is 0 Å². The summed E-state index contributed by atoms with van der Waals surface area (Å²) < 4.78 is 30.7. The van der Waals surface area contributed by atoms with Crippen molar-refractivity contribution in [3.05, 3.63) is 24.5 Å². The molecular weight excluding hydrogens is 204 g/mol. The molecule has 0 aromatic carbocycles. The lowest BCUT2D eigenvalue weighted by Gasteiger charge is -2.07. The van der Waals surface area contributed by atoms with E-state index in [-0.39, 0.29) is 5.75 Å². The van der Waals surface area contributed by atoms with Crippen LogP contribution in [0.1, 0.15) is 6.42 Å². The van der Waals surface area contributed by atoms with Crippen LogP contribution in [0.4, 0.5) is 5.69 Å². The van der Waals surface area contributed by atoms with E-state index >= 15 is 0 Å². The standard InChI is InChI=1S/C8H12N2O3S/c11-14(12,13)7-1-4-10-8-2-5-9-6-3-8/h2-3,5-6H,1,4,7H2,(H,9,10)(H,11,12,13)/p-1. The van der Waals surface area contributed by atoms with E-state index in [9.17, 15) is 13.0 Å². The van der Waals surface area contributed by atoms with Gasteiger partial charge in [0.1, 0.15) is 0 Å². The summed E-state index contributed by atoms with van der Waals surface area (Å²) in [4.78, 5) is 3.83. The lowest BCUT2D eigenvalue weighted by atomic mass is 10.4. The fraction of sp³-hybridized carbons (Fsp3) is 0.375. The molecule has 1 N–H and O–H groups in total. The van der Waals surface area contributed by atoms with Gasteiger partial charge in [0, 0.05) is 30.4 Å². The molecule has 0 fully saturated rings. The third kappa shape index (κ3) is 4.78. The van der Waals surface area contributed by atoms with Gasteiger partial charge in [-0.05, 0) is 18.6 Å². The van der Waals surface area contributed by atoms with Gasteiger partial charge in [-0.15, -0.1) is 0 Å².